The van der Waals surface area contributed by atoms with Crippen molar-refractivity contribution in [2.24, 2.45) is 0 Å². The third-order valence-electron chi connectivity index (χ3n) is 2.80. The summed E-state index contributed by atoms with van der Waals surface area (Å²) in [5, 5.41) is 17.6. The number of benzene rings is 1. The third kappa shape index (κ3) is 4.06. The quantitative estimate of drug-likeness (QED) is 0.628. The molecule has 2 N–H and O–H groups in total. The number of pyridine rings is 1. The highest BCUT2D eigenvalue weighted by Gasteiger charge is 2.11. The van der Waals surface area contributed by atoms with Gasteiger partial charge < -0.3 is 10.6 Å². The Morgan fingerprint density at radius 1 is 1.24 bits per heavy atom. The second-order valence-electron chi connectivity index (χ2n) is 4.33. The summed E-state index contributed by atoms with van der Waals surface area (Å²) in [4.78, 5) is 14.8. The number of hydrogen-bond donors (Lipinski definition) is 2. The van der Waals surface area contributed by atoms with Crippen LogP contribution in [-0.2, 0) is 6.54 Å². The molecule has 2 aromatic rings. The maximum absolute atomic E-state index is 10.9. The lowest BCUT2D eigenvalue weighted by Gasteiger charge is -2.09. The van der Waals surface area contributed by atoms with Crippen LogP contribution in [0.5, 0.6) is 0 Å². The topological polar surface area (TPSA) is 80.1 Å². The van der Waals surface area contributed by atoms with Gasteiger partial charge in [-0.05, 0) is 18.6 Å². The van der Waals surface area contributed by atoms with Crippen molar-refractivity contribution < 1.29 is 4.92 Å². The van der Waals surface area contributed by atoms with E-state index in [2.05, 4.69) is 15.6 Å². The Morgan fingerprint density at radius 3 is 2.52 bits per heavy atom. The molecule has 1 aromatic carbocycles. The monoisotopic (exact) mass is 306 g/mol. The van der Waals surface area contributed by atoms with Crippen LogP contribution in [0.3, 0.4) is 0 Å². The van der Waals surface area contributed by atoms with Crippen LogP contribution in [-0.4, -0.2) is 16.5 Å². The summed E-state index contributed by atoms with van der Waals surface area (Å²) in [7, 11) is 0. The summed E-state index contributed by atoms with van der Waals surface area (Å²) in [6.07, 6.45) is 0. The van der Waals surface area contributed by atoms with Gasteiger partial charge >= 0.3 is 0 Å². The highest BCUT2D eigenvalue weighted by atomic mass is 35.5. The number of nitro groups is 1. The number of anilines is 2. The second kappa shape index (κ2) is 6.90. The van der Waals surface area contributed by atoms with E-state index in [4.69, 9.17) is 11.6 Å². The van der Waals surface area contributed by atoms with Crippen molar-refractivity contribution >= 4 is 28.9 Å². The van der Waals surface area contributed by atoms with Crippen molar-refractivity contribution in [3.63, 3.8) is 0 Å². The lowest BCUT2D eigenvalue weighted by atomic mass is 10.2. The molecule has 7 heteroatoms. The Kier molecular flexibility index (Phi) is 4.94. The number of hydrogen-bond acceptors (Lipinski definition) is 5. The van der Waals surface area contributed by atoms with Gasteiger partial charge in [0.15, 0.2) is 0 Å². The molecule has 0 aliphatic heterocycles. The molecule has 0 saturated carbocycles. The summed E-state index contributed by atoms with van der Waals surface area (Å²) in [6.45, 7) is 2.98. The normalized spacial score (nSPS) is 10.2. The van der Waals surface area contributed by atoms with Gasteiger partial charge in [-0.15, -0.1) is 0 Å². The Bertz CT molecular complexity index is 649. The van der Waals surface area contributed by atoms with Crippen molar-refractivity contribution in [3.05, 3.63) is 57.1 Å². The van der Waals surface area contributed by atoms with Crippen molar-refractivity contribution in [2.75, 3.05) is 17.2 Å². The molecule has 0 fully saturated rings. The Hall–Kier alpha value is -2.34. The minimum Gasteiger partial charge on any atom is -0.370 e. The van der Waals surface area contributed by atoms with Gasteiger partial charge in [0.05, 0.1) is 17.1 Å². The van der Waals surface area contributed by atoms with E-state index in [0.29, 0.717) is 29.7 Å². The molecule has 0 aliphatic rings. The second-order valence-corrected chi connectivity index (χ2v) is 4.74. The van der Waals surface area contributed by atoms with Crippen LogP contribution in [0.15, 0.2) is 36.4 Å². The molecule has 2 rings (SSSR count). The summed E-state index contributed by atoms with van der Waals surface area (Å²) in [6, 6.07) is 10.2. The SMILES string of the molecule is CCNc1cc([N+](=O)[O-])cc(NCc2ccccc2Cl)n1. The maximum atomic E-state index is 10.9. The van der Waals surface area contributed by atoms with Gasteiger partial charge in [0.1, 0.15) is 11.6 Å². The highest BCUT2D eigenvalue weighted by molar-refractivity contribution is 6.31. The zero-order chi connectivity index (χ0) is 15.2. The minimum absolute atomic E-state index is 0.0115. The van der Waals surface area contributed by atoms with Gasteiger partial charge in [-0.25, -0.2) is 4.98 Å². The summed E-state index contributed by atoms with van der Waals surface area (Å²) < 4.78 is 0. The fraction of sp³-hybridized carbons (Fsp3) is 0.214. The van der Waals surface area contributed by atoms with E-state index in [9.17, 15) is 10.1 Å². The summed E-state index contributed by atoms with van der Waals surface area (Å²) in [5.74, 6) is 0.897. The van der Waals surface area contributed by atoms with E-state index in [1.54, 1.807) is 6.07 Å². The summed E-state index contributed by atoms with van der Waals surface area (Å²) >= 11 is 6.07. The van der Waals surface area contributed by atoms with Crippen LogP contribution in [0, 0.1) is 10.1 Å². The number of rotatable bonds is 6. The highest BCUT2D eigenvalue weighted by Crippen LogP contribution is 2.22. The molecular weight excluding hydrogens is 292 g/mol. The zero-order valence-electron chi connectivity index (χ0n) is 11.5. The lowest BCUT2D eigenvalue weighted by molar-refractivity contribution is -0.384. The van der Waals surface area contributed by atoms with E-state index in [1.165, 1.54) is 12.1 Å². The number of halogens is 1. The first-order chi connectivity index (χ1) is 10.1. The zero-order valence-corrected chi connectivity index (χ0v) is 12.2. The molecular formula is C14H15ClN4O2. The van der Waals surface area contributed by atoms with Gasteiger partial charge in [-0.1, -0.05) is 29.8 Å². The fourth-order valence-corrected chi connectivity index (χ4v) is 2.01. The predicted molar refractivity (Wildman–Crippen MR) is 83.8 cm³/mol. The Morgan fingerprint density at radius 2 is 1.90 bits per heavy atom. The smallest absolute Gasteiger partial charge is 0.276 e. The van der Waals surface area contributed by atoms with Gasteiger partial charge in [-0.2, -0.15) is 0 Å². The van der Waals surface area contributed by atoms with Crippen LogP contribution in [0.4, 0.5) is 17.3 Å². The van der Waals surface area contributed by atoms with Gasteiger partial charge in [0.25, 0.3) is 5.69 Å². The average Bonchev–Trinajstić information content (AvgIpc) is 2.46. The molecule has 1 heterocycles. The van der Waals surface area contributed by atoms with E-state index in [1.807, 2.05) is 25.1 Å². The standard InChI is InChI=1S/C14H15ClN4O2/c1-2-16-13-7-11(19(20)21)8-14(18-13)17-9-10-5-3-4-6-12(10)15/h3-8H,2,9H2,1H3,(H2,16,17,18). The molecule has 0 aliphatic carbocycles. The molecule has 1 aromatic heterocycles. The van der Waals surface area contributed by atoms with Crippen LogP contribution >= 0.6 is 11.6 Å². The number of nitrogens with zero attached hydrogens (tertiary/aromatic N) is 2. The molecule has 0 saturated heterocycles. The van der Waals surface area contributed by atoms with Crippen molar-refractivity contribution in [1.82, 2.24) is 4.98 Å². The van der Waals surface area contributed by atoms with E-state index < -0.39 is 4.92 Å². The molecule has 110 valence electrons. The van der Waals surface area contributed by atoms with Gasteiger partial charge in [0, 0.05) is 18.1 Å². The Labute approximate surface area is 127 Å². The molecule has 0 unspecified atom stereocenters. The summed E-state index contributed by atoms with van der Waals surface area (Å²) in [5.41, 5.74) is 0.889. The molecule has 0 bridgehead atoms. The first-order valence-corrected chi connectivity index (χ1v) is 6.85. The first kappa shape index (κ1) is 15.1. The largest absolute Gasteiger partial charge is 0.370 e. The minimum atomic E-state index is -0.441. The number of aromatic nitrogens is 1. The Balaban J connectivity index is 2.19. The predicted octanol–water partition coefficient (Wildman–Crippen LogP) is 3.69. The molecule has 6 nitrogen and oxygen atoms in total. The van der Waals surface area contributed by atoms with E-state index >= 15 is 0 Å². The lowest BCUT2D eigenvalue weighted by Crippen LogP contribution is -2.06. The van der Waals surface area contributed by atoms with Crippen LogP contribution in [0.2, 0.25) is 5.02 Å². The van der Waals surface area contributed by atoms with E-state index in [0.717, 1.165) is 5.56 Å². The molecule has 21 heavy (non-hydrogen) atoms. The molecule has 0 radical (unpaired) electrons. The maximum Gasteiger partial charge on any atom is 0.276 e. The molecule has 0 atom stereocenters. The van der Waals surface area contributed by atoms with Gasteiger partial charge in [-0.3, -0.25) is 10.1 Å². The first-order valence-electron chi connectivity index (χ1n) is 6.47. The van der Waals surface area contributed by atoms with Crippen molar-refractivity contribution in [1.29, 1.82) is 0 Å². The average molecular weight is 307 g/mol. The fourth-order valence-electron chi connectivity index (χ4n) is 1.81. The van der Waals surface area contributed by atoms with E-state index in [-0.39, 0.29) is 5.69 Å². The van der Waals surface area contributed by atoms with Crippen molar-refractivity contribution in [3.8, 4) is 0 Å². The van der Waals surface area contributed by atoms with Crippen LogP contribution < -0.4 is 10.6 Å². The molecule has 0 amide bonds. The van der Waals surface area contributed by atoms with Crippen LogP contribution in [0.25, 0.3) is 0 Å². The van der Waals surface area contributed by atoms with Gasteiger partial charge in [0.2, 0.25) is 0 Å². The van der Waals surface area contributed by atoms with Crippen LogP contribution in [0.1, 0.15) is 12.5 Å². The number of nitrogens with one attached hydrogen (secondary N) is 2. The third-order valence-corrected chi connectivity index (χ3v) is 3.17. The molecule has 0 spiro atoms. The van der Waals surface area contributed by atoms with Crippen molar-refractivity contribution in [2.45, 2.75) is 13.5 Å².